The van der Waals surface area contributed by atoms with Crippen molar-refractivity contribution in [2.75, 3.05) is 5.43 Å². The highest BCUT2D eigenvalue weighted by molar-refractivity contribution is 5.82. The number of nitrogens with one attached hydrogen (secondary N) is 1. The Morgan fingerprint density at radius 3 is 2.89 bits per heavy atom. The number of nitrogens with two attached hydrogens (primary N) is 1. The Balaban J connectivity index is 2.13. The molecule has 90 valence electrons. The molecule has 1 aromatic carbocycles. The maximum Gasteiger partial charge on any atom is 0.153 e. The molecule has 3 aromatic rings. The summed E-state index contributed by atoms with van der Waals surface area (Å²) >= 11 is 0. The highest BCUT2D eigenvalue weighted by Gasteiger charge is 2.08. The molecule has 3 N–H and O–H groups in total. The van der Waals surface area contributed by atoms with E-state index in [1.54, 1.807) is 30.5 Å². The second-order valence-electron chi connectivity index (χ2n) is 3.87. The fraction of sp³-hybridized carbons (Fsp3) is 0. The number of anilines is 1. The van der Waals surface area contributed by atoms with Crippen LogP contribution in [0, 0.1) is 5.82 Å². The van der Waals surface area contributed by atoms with Gasteiger partial charge >= 0.3 is 0 Å². The van der Waals surface area contributed by atoms with Gasteiger partial charge in [0.15, 0.2) is 5.76 Å². The summed E-state index contributed by atoms with van der Waals surface area (Å²) in [7, 11) is 0. The van der Waals surface area contributed by atoms with E-state index >= 15 is 0 Å². The van der Waals surface area contributed by atoms with Gasteiger partial charge in [0.1, 0.15) is 17.1 Å². The first-order chi connectivity index (χ1) is 8.76. The molecule has 0 unspecified atom stereocenters. The van der Waals surface area contributed by atoms with Crippen LogP contribution in [0.3, 0.4) is 0 Å². The number of hydrazine groups is 1. The summed E-state index contributed by atoms with van der Waals surface area (Å²) in [4.78, 5) is 4.19. The second kappa shape index (κ2) is 4.12. The minimum absolute atomic E-state index is 0.291. The number of hydrogen-bond donors (Lipinski definition) is 2. The van der Waals surface area contributed by atoms with Gasteiger partial charge < -0.3 is 9.84 Å². The third-order valence-electron chi connectivity index (χ3n) is 2.66. The quantitative estimate of drug-likeness (QED) is 0.536. The number of hydrogen-bond acceptors (Lipinski definition) is 4. The van der Waals surface area contributed by atoms with Gasteiger partial charge in [-0.05, 0) is 36.4 Å². The first-order valence-electron chi connectivity index (χ1n) is 5.38. The van der Waals surface area contributed by atoms with Crippen molar-refractivity contribution < 1.29 is 8.81 Å². The topological polar surface area (TPSA) is 64.1 Å². The smallest absolute Gasteiger partial charge is 0.153 e. The molecule has 5 heteroatoms. The fourth-order valence-electron chi connectivity index (χ4n) is 1.80. The molecule has 18 heavy (non-hydrogen) atoms. The average Bonchev–Trinajstić information content (AvgIpc) is 2.81. The lowest BCUT2D eigenvalue weighted by atomic mass is 10.2. The Labute approximate surface area is 102 Å². The molecule has 3 rings (SSSR count). The monoisotopic (exact) mass is 243 g/mol. The van der Waals surface area contributed by atoms with Gasteiger partial charge in [0, 0.05) is 11.6 Å². The van der Waals surface area contributed by atoms with Gasteiger partial charge in [0.05, 0.1) is 5.69 Å². The van der Waals surface area contributed by atoms with Gasteiger partial charge in [0.2, 0.25) is 0 Å². The molecule has 0 bridgehead atoms. The summed E-state index contributed by atoms with van der Waals surface area (Å²) in [6, 6.07) is 9.63. The molecule has 0 amide bonds. The van der Waals surface area contributed by atoms with Gasteiger partial charge in [-0.1, -0.05) is 0 Å². The van der Waals surface area contributed by atoms with E-state index in [4.69, 9.17) is 10.3 Å². The SMILES string of the molecule is NNc1ccnc(-c2cc3cc(F)ccc3o2)c1. The van der Waals surface area contributed by atoms with E-state index in [9.17, 15) is 4.39 Å². The number of furan rings is 1. The summed E-state index contributed by atoms with van der Waals surface area (Å²) < 4.78 is 18.7. The van der Waals surface area contributed by atoms with Crippen molar-refractivity contribution in [3.8, 4) is 11.5 Å². The molecule has 0 aliphatic heterocycles. The largest absolute Gasteiger partial charge is 0.454 e. The van der Waals surface area contributed by atoms with E-state index in [-0.39, 0.29) is 5.82 Å². The minimum Gasteiger partial charge on any atom is -0.454 e. The van der Waals surface area contributed by atoms with Crippen LogP contribution >= 0.6 is 0 Å². The Morgan fingerprint density at radius 1 is 1.17 bits per heavy atom. The lowest BCUT2D eigenvalue weighted by Crippen LogP contribution is -2.06. The maximum absolute atomic E-state index is 13.1. The normalized spacial score (nSPS) is 10.8. The van der Waals surface area contributed by atoms with Crippen LogP contribution in [-0.4, -0.2) is 4.98 Å². The van der Waals surface area contributed by atoms with Crippen LogP contribution in [0.2, 0.25) is 0 Å². The van der Waals surface area contributed by atoms with Crippen LogP contribution < -0.4 is 11.3 Å². The molecule has 2 heterocycles. The van der Waals surface area contributed by atoms with Crippen molar-refractivity contribution in [2.24, 2.45) is 5.84 Å². The summed E-state index contributed by atoms with van der Waals surface area (Å²) in [5, 5.41) is 0.706. The molecule has 0 aliphatic rings. The van der Waals surface area contributed by atoms with Crippen molar-refractivity contribution in [1.29, 1.82) is 0 Å². The van der Waals surface area contributed by atoms with Crippen LogP contribution in [0.4, 0.5) is 10.1 Å². The molecule has 0 aliphatic carbocycles. The molecular weight excluding hydrogens is 233 g/mol. The van der Waals surface area contributed by atoms with E-state index in [1.165, 1.54) is 12.1 Å². The number of benzene rings is 1. The van der Waals surface area contributed by atoms with E-state index in [0.717, 1.165) is 5.69 Å². The minimum atomic E-state index is -0.291. The zero-order valence-corrected chi connectivity index (χ0v) is 9.35. The van der Waals surface area contributed by atoms with Crippen molar-refractivity contribution in [3.63, 3.8) is 0 Å². The van der Waals surface area contributed by atoms with Gasteiger partial charge in [-0.2, -0.15) is 0 Å². The molecule has 0 atom stereocenters. The van der Waals surface area contributed by atoms with Crippen LogP contribution in [0.1, 0.15) is 0 Å². The number of nitrogens with zero attached hydrogens (tertiary/aromatic N) is 1. The number of halogens is 1. The van der Waals surface area contributed by atoms with E-state index in [2.05, 4.69) is 10.4 Å². The molecule has 0 spiro atoms. The van der Waals surface area contributed by atoms with Gasteiger partial charge in [-0.25, -0.2) is 4.39 Å². The summed E-state index contributed by atoms with van der Waals surface area (Å²) in [5.74, 6) is 5.62. The van der Waals surface area contributed by atoms with Crippen LogP contribution in [0.5, 0.6) is 0 Å². The first-order valence-corrected chi connectivity index (χ1v) is 5.38. The number of rotatable bonds is 2. The standard InChI is InChI=1S/C13H10FN3O/c14-9-1-2-12-8(5-9)6-13(18-12)11-7-10(17-15)3-4-16-11/h1-7H,15H2,(H,16,17). The van der Waals surface area contributed by atoms with E-state index < -0.39 is 0 Å². The van der Waals surface area contributed by atoms with Crippen LogP contribution in [-0.2, 0) is 0 Å². The number of nitrogen functional groups attached to an aromatic ring is 1. The second-order valence-corrected chi connectivity index (χ2v) is 3.87. The molecule has 0 radical (unpaired) electrons. The zero-order chi connectivity index (χ0) is 12.5. The number of aromatic nitrogens is 1. The van der Waals surface area contributed by atoms with E-state index in [1.807, 2.05) is 0 Å². The average molecular weight is 243 g/mol. The molecule has 0 saturated carbocycles. The highest BCUT2D eigenvalue weighted by Crippen LogP contribution is 2.28. The Hall–Kier alpha value is -2.40. The van der Waals surface area contributed by atoms with Crippen molar-refractivity contribution in [3.05, 3.63) is 48.4 Å². The number of pyridine rings is 1. The van der Waals surface area contributed by atoms with Crippen molar-refractivity contribution >= 4 is 16.7 Å². The van der Waals surface area contributed by atoms with Crippen molar-refractivity contribution in [1.82, 2.24) is 4.98 Å². The molecule has 0 fully saturated rings. The van der Waals surface area contributed by atoms with Crippen LogP contribution in [0.25, 0.3) is 22.4 Å². The predicted molar refractivity (Wildman–Crippen MR) is 67.2 cm³/mol. The lowest BCUT2D eigenvalue weighted by molar-refractivity contribution is 0.618. The van der Waals surface area contributed by atoms with Gasteiger partial charge in [0.25, 0.3) is 0 Å². The summed E-state index contributed by atoms with van der Waals surface area (Å²) in [5.41, 5.74) is 4.53. The number of fused-ring (bicyclic) bond motifs is 1. The lowest BCUT2D eigenvalue weighted by Gasteiger charge is -2.00. The van der Waals surface area contributed by atoms with Gasteiger partial charge in [-0.15, -0.1) is 0 Å². The Bertz CT molecular complexity index is 708. The third kappa shape index (κ3) is 1.80. The highest BCUT2D eigenvalue weighted by atomic mass is 19.1. The fourth-order valence-corrected chi connectivity index (χ4v) is 1.80. The van der Waals surface area contributed by atoms with E-state index in [0.29, 0.717) is 22.4 Å². The predicted octanol–water partition coefficient (Wildman–Crippen LogP) is 2.92. The third-order valence-corrected chi connectivity index (χ3v) is 2.66. The maximum atomic E-state index is 13.1. The van der Waals surface area contributed by atoms with Crippen LogP contribution in [0.15, 0.2) is 47.0 Å². The molecule has 2 aromatic heterocycles. The summed E-state index contributed by atoms with van der Waals surface area (Å²) in [6.45, 7) is 0. The first kappa shape index (κ1) is 10.7. The molecule has 4 nitrogen and oxygen atoms in total. The molecule has 0 saturated heterocycles. The zero-order valence-electron chi connectivity index (χ0n) is 9.35. The van der Waals surface area contributed by atoms with Gasteiger partial charge in [-0.3, -0.25) is 10.8 Å². The summed E-state index contributed by atoms with van der Waals surface area (Å²) in [6.07, 6.45) is 1.62. The molecular formula is C13H10FN3O. The Kier molecular flexibility index (Phi) is 2.46. The van der Waals surface area contributed by atoms with Crippen molar-refractivity contribution in [2.45, 2.75) is 0 Å². The Morgan fingerprint density at radius 2 is 2.06 bits per heavy atom.